The Morgan fingerprint density at radius 1 is 1.12 bits per heavy atom. The molecule has 0 saturated heterocycles. The lowest BCUT2D eigenvalue weighted by Crippen LogP contribution is -2.49. The third-order valence-corrected chi connectivity index (χ3v) is 4.98. The van der Waals surface area contributed by atoms with Gasteiger partial charge in [0.25, 0.3) is 0 Å². The number of hydrogen-bond acceptors (Lipinski definition) is 3. The number of para-hydroxylation sites is 1. The lowest BCUT2D eigenvalue weighted by Gasteiger charge is -2.35. The summed E-state index contributed by atoms with van der Waals surface area (Å²) < 4.78 is 0. The van der Waals surface area contributed by atoms with Gasteiger partial charge in [-0.15, -0.1) is 0 Å². The van der Waals surface area contributed by atoms with Gasteiger partial charge in [-0.05, 0) is 29.2 Å². The number of likely N-dealkylation sites (N-methyl/N-ethyl adjacent to an activating group) is 1. The fourth-order valence-electron chi connectivity index (χ4n) is 3.68. The SMILES string of the molecule is CNC(=O)[C@H]1Cc2ccccc2CN1Cc1cccc2cccnc12. The van der Waals surface area contributed by atoms with Crippen LogP contribution in [0.4, 0.5) is 0 Å². The van der Waals surface area contributed by atoms with Gasteiger partial charge in [0.1, 0.15) is 0 Å². The maximum absolute atomic E-state index is 12.5. The first kappa shape index (κ1) is 15.8. The minimum absolute atomic E-state index is 0.0719. The number of benzene rings is 2. The number of carbonyl (C=O) groups excluding carboxylic acids is 1. The van der Waals surface area contributed by atoms with E-state index >= 15 is 0 Å². The van der Waals surface area contributed by atoms with E-state index in [0.717, 1.165) is 29.4 Å². The number of nitrogens with one attached hydrogen (secondary N) is 1. The molecule has 0 saturated carbocycles. The average Bonchev–Trinajstić information content (AvgIpc) is 2.67. The van der Waals surface area contributed by atoms with E-state index in [9.17, 15) is 4.79 Å². The van der Waals surface area contributed by atoms with Crippen molar-refractivity contribution in [3.8, 4) is 0 Å². The van der Waals surface area contributed by atoms with Crippen molar-refractivity contribution < 1.29 is 4.79 Å². The molecule has 0 unspecified atom stereocenters. The maximum atomic E-state index is 12.5. The fourth-order valence-corrected chi connectivity index (χ4v) is 3.68. The molecule has 1 atom stereocenters. The van der Waals surface area contributed by atoms with E-state index < -0.39 is 0 Å². The second-order valence-corrected chi connectivity index (χ2v) is 6.50. The number of carbonyl (C=O) groups is 1. The van der Waals surface area contributed by atoms with E-state index in [1.807, 2.05) is 18.3 Å². The molecule has 0 spiro atoms. The molecule has 0 bridgehead atoms. The van der Waals surface area contributed by atoms with Crippen LogP contribution in [0.2, 0.25) is 0 Å². The second kappa shape index (κ2) is 6.65. The first-order valence-corrected chi connectivity index (χ1v) is 8.61. The topological polar surface area (TPSA) is 45.2 Å². The van der Waals surface area contributed by atoms with Gasteiger partial charge >= 0.3 is 0 Å². The van der Waals surface area contributed by atoms with E-state index in [-0.39, 0.29) is 11.9 Å². The second-order valence-electron chi connectivity index (χ2n) is 6.50. The van der Waals surface area contributed by atoms with Crippen molar-refractivity contribution in [3.63, 3.8) is 0 Å². The normalized spacial score (nSPS) is 17.2. The van der Waals surface area contributed by atoms with Crippen molar-refractivity contribution in [1.29, 1.82) is 0 Å². The predicted molar refractivity (Wildman–Crippen MR) is 99.0 cm³/mol. The zero-order chi connectivity index (χ0) is 17.2. The Balaban J connectivity index is 1.70. The van der Waals surface area contributed by atoms with E-state index in [1.165, 1.54) is 11.1 Å². The Morgan fingerprint density at radius 2 is 1.92 bits per heavy atom. The third-order valence-electron chi connectivity index (χ3n) is 4.98. The molecule has 1 aromatic heterocycles. The molecule has 0 radical (unpaired) electrons. The zero-order valence-corrected chi connectivity index (χ0v) is 14.3. The molecule has 25 heavy (non-hydrogen) atoms. The summed E-state index contributed by atoms with van der Waals surface area (Å²) in [5.74, 6) is 0.0719. The van der Waals surface area contributed by atoms with Gasteiger partial charge in [0.2, 0.25) is 5.91 Å². The number of aromatic nitrogens is 1. The summed E-state index contributed by atoms with van der Waals surface area (Å²) in [4.78, 5) is 19.3. The number of fused-ring (bicyclic) bond motifs is 2. The molecule has 3 aromatic rings. The van der Waals surface area contributed by atoms with Crippen LogP contribution in [0.3, 0.4) is 0 Å². The van der Waals surface area contributed by atoms with E-state index in [4.69, 9.17) is 0 Å². The van der Waals surface area contributed by atoms with E-state index in [0.29, 0.717) is 6.54 Å². The van der Waals surface area contributed by atoms with Crippen LogP contribution in [0.1, 0.15) is 16.7 Å². The van der Waals surface area contributed by atoms with Crippen LogP contribution in [0, 0.1) is 0 Å². The molecule has 4 rings (SSSR count). The maximum Gasteiger partial charge on any atom is 0.237 e. The Morgan fingerprint density at radius 3 is 2.76 bits per heavy atom. The first-order chi connectivity index (χ1) is 12.3. The number of rotatable bonds is 3. The van der Waals surface area contributed by atoms with Crippen LogP contribution >= 0.6 is 0 Å². The smallest absolute Gasteiger partial charge is 0.237 e. The largest absolute Gasteiger partial charge is 0.358 e. The highest BCUT2D eigenvalue weighted by Crippen LogP contribution is 2.26. The van der Waals surface area contributed by atoms with Crippen LogP contribution < -0.4 is 5.32 Å². The summed E-state index contributed by atoms with van der Waals surface area (Å²) in [6.07, 6.45) is 2.57. The van der Waals surface area contributed by atoms with Crippen molar-refractivity contribution in [2.75, 3.05) is 7.05 Å². The summed E-state index contributed by atoms with van der Waals surface area (Å²) in [6, 6.07) is 18.5. The monoisotopic (exact) mass is 331 g/mol. The van der Waals surface area contributed by atoms with Gasteiger partial charge in [0, 0.05) is 31.7 Å². The lowest BCUT2D eigenvalue weighted by molar-refractivity contribution is -0.126. The predicted octanol–water partition coefficient (Wildman–Crippen LogP) is 2.91. The van der Waals surface area contributed by atoms with E-state index in [1.54, 1.807) is 7.05 Å². The molecule has 0 aliphatic carbocycles. The minimum atomic E-state index is -0.154. The fraction of sp³-hybridized carbons (Fsp3) is 0.238. The molecule has 2 heterocycles. The van der Waals surface area contributed by atoms with Crippen molar-refractivity contribution in [3.05, 3.63) is 77.5 Å². The molecule has 126 valence electrons. The van der Waals surface area contributed by atoms with Gasteiger partial charge in [0.15, 0.2) is 0 Å². The highest BCUT2D eigenvalue weighted by atomic mass is 16.2. The van der Waals surface area contributed by atoms with Crippen LogP contribution in [0.5, 0.6) is 0 Å². The van der Waals surface area contributed by atoms with Crippen molar-refractivity contribution in [2.24, 2.45) is 0 Å². The molecule has 1 aliphatic rings. The van der Waals surface area contributed by atoms with Crippen molar-refractivity contribution >= 4 is 16.8 Å². The highest BCUT2D eigenvalue weighted by Gasteiger charge is 2.31. The lowest BCUT2D eigenvalue weighted by atomic mass is 9.93. The molecule has 4 heteroatoms. The number of hydrogen-bond donors (Lipinski definition) is 1. The number of nitrogens with zero attached hydrogens (tertiary/aromatic N) is 2. The van der Waals surface area contributed by atoms with Gasteiger partial charge in [-0.25, -0.2) is 0 Å². The van der Waals surface area contributed by atoms with Gasteiger partial charge in [0.05, 0.1) is 11.6 Å². The van der Waals surface area contributed by atoms with Crippen LogP contribution in [0.25, 0.3) is 10.9 Å². The Bertz CT molecular complexity index is 916. The number of pyridine rings is 1. The third kappa shape index (κ3) is 3.01. The zero-order valence-electron chi connectivity index (χ0n) is 14.3. The van der Waals surface area contributed by atoms with Crippen molar-refractivity contribution in [2.45, 2.75) is 25.6 Å². The summed E-state index contributed by atoms with van der Waals surface area (Å²) in [7, 11) is 1.71. The van der Waals surface area contributed by atoms with Gasteiger partial charge in [-0.2, -0.15) is 0 Å². The summed E-state index contributed by atoms with van der Waals surface area (Å²) >= 11 is 0. The molecule has 1 aliphatic heterocycles. The minimum Gasteiger partial charge on any atom is -0.358 e. The Kier molecular flexibility index (Phi) is 4.20. The summed E-state index contributed by atoms with van der Waals surface area (Å²) in [5, 5.41) is 3.96. The average molecular weight is 331 g/mol. The number of amides is 1. The van der Waals surface area contributed by atoms with Crippen LogP contribution in [-0.4, -0.2) is 28.9 Å². The van der Waals surface area contributed by atoms with Gasteiger partial charge in [-0.3, -0.25) is 14.7 Å². The van der Waals surface area contributed by atoms with Gasteiger partial charge in [-0.1, -0.05) is 48.5 Å². The molecule has 1 amide bonds. The Hall–Kier alpha value is -2.72. The van der Waals surface area contributed by atoms with Crippen molar-refractivity contribution in [1.82, 2.24) is 15.2 Å². The highest BCUT2D eigenvalue weighted by molar-refractivity contribution is 5.83. The van der Waals surface area contributed by atoms with Gasteiger partial charge < -0.3 is 5.32 Å². The standard InChI is InChI=1S/C21H21N3O/c1-22-21(25)19-12-16-6-2-3-7-17(16)13-24(19)14-18-9-4-8-15-10-5-11-23-20(15)18/h2-11,19H,12-14H2,1H3,(H,22,25)/t19-/m1/s1. The molecular formula is C21H21N3O. The first-order valence-electron chi connectivity index (χ1n) is 8.61. The quantitative estimate of drug-likeness (QED) is 0.803. The summed E-state index contributed by atoms with van der Waals surface area (Å²) in [6.45, 7) is 1.48. The van der Waals surface area contributed by atoms with E-state index in [2.05, 4.69) is 57.7 Å². The van der Waals surface area contributed by atoms with Crippen LogP contribution in [-0.2, 0) is 24.3 Å². The molecule has 1 N–H and O–H groups in total. The molecule has 2 aromatic carbocycles. The summed E-state index contributed by atoms with van der Waals surface area (Å²) in [5.41, 5.74) is 4.74. The molecular weight excluding hydrogens is 310 g/mol. The van der Waals surface area contributed by atoms with Crippen LogP contribution in [0.15, 0.2) is 60.8 Å². The molecule has 4 nitrogen and oxygen atoms in total. The Labute approximate surface area is 147 Å². The molecule has 0 fully saturated rings.